The predicted molar refractivity (Wildman–Crippen MR) is 79.5 cm³/mol. The maximum absolute atomic E-state index is 12.7. The highest BCUT2D eigenvalue weighted by molar-refractivity contribution is 6.00. The molecule has 1 N–H and O–H groups in total. The fraction of sp³-hybridized carbons (Fsp3) is 0.143. The third-order valence-electron chi connectivity index (χ3n) is 3.23. The summed E-state index contributed by atoms with van der Waals surface area (Å²) in [6.45, 7) is 5.04. The number of carbonyl (C=O) groups excluding carboxylic acids is 1. The first-order valence-corrected chi connectivity index (χ1v) is 6.70. The van der Waals surface area contributed by atoms with Crippen molar-refractivity contribution in [2.24, 2.45) is 0 Å². The minimum Gasteiger partial charge on any atom is -0.321 e. The van der Waals surface area contributed by atoms with Crippen molar-refractivity contribution in [2.75, 3.05) is 5.32 Å². The van der Waals surface area contributed by atoms with Crippen molar-refractivity contribution in [1.82, 2.24) is 24.5 Å². The number of pyridine rings is 1. The van der Waals surface area contributed by atoms with Crippen molar-refractivity contribution in [3.8, 4) is 5.69 Å². The number of halogens is 3. The maximum atomic E-state index is 12.7. The summed E-state index contributed by atoms with van der Waals surface area (Å²) in [5.41, 5.74) is 1.46. The van der Waals surface area contributed by atoms with Gasteiger partial charge in [-0.3, -0.25) is 4.79 Å². The summed E-state index contributed by atoms with van der Waals surface area (Å²) in [4.78, 5) is 15.5. The monoisotopic (exact) mass is 336 g/mol. The van der Waals surface area contributed by atoms with E-state index in [1.165, 1.54) is 10.9 Å². The summed E-state index contributed by atoms with van der Waals surface area (Å²) >= 11 is 0. The highest BCUT2D eigenvalue weighted by atomic mass is 19.4. The molecule has 10 heteroatoms. The van der Waals surface area contributed by atoms with Crippen LogP contribution in [0, 0.1) is 6.92 Å². The first-order chi connectivity index (χ1) is 11.3. The molecule has 0 radical (unpaired) electrons. The zero-order valence-electron chi connectivity index (χ0n) is 12.4. The molecule has 3 heterocycles. The molecule has 0 saturated heterocycles. The van der Waals surface area contributed by atoms with Crippen LogP contribution < -0.4 is 5.32 Å². The van der Waals surface area contributed by atoms with Gasteiger partial charge in [-0.2, -0.15) is 14.9 Å². The third-order valence-corrected chi connectivity index (χ3v) is 3.23. The Labute approximate surface area is 133 Å². The molecule has 3 rings (SSSR count). The molecule has 0 aliphatic heterocycles. The Morgan fingerprint density at radius 1 is 1.38 bits per heavy atom. The van der Waals surface area contributed by atoms with Crippen molar-refractivity contribution in [3.05, 3.63) is 43.0 Å². The standard InChI is InChI=1S/C14H11F3N6O/c1-3-12(24)20-9-4-11-8(2)21-23(13(11)18-5-9)10-6-19-22(7-10)14(15,16)17/h3-7H,1H2,2H3,(H,20,24). The second kappa shape index (κ2) is 5.48. The number of anilines is 1. The van der Waals surface area contributed by atoms with E-state index in [1.807, 2.05) is 0 Å². The van der Waals surface area contributed by atoms with Gasteiger partial charge in [-0.25, -0.2) is 9.67 Å². The van der Waals surface area contributed by atoms with E-state index in [2.05, 4.69) is 27.1 Å². The fourth-order valence-electron chi connectivity index (χ4n) is 2.15. The van der Waals surface area contributed by atoms with Gasteiger partial charge in [0.05, 0.1) is 30.0 Å². The minimum absolute atomic E-state index is 0.107. The quantitative estimate of drug-likeness (QED) is 0.746. The van der Waals surface area contributed by atoms with Crippen molar-refractivity contribution < 1.29 is 18.0 Å². The van der Waals surface area contributed by atoms with Gasteiger partial charge in [-0.05, 0) is 19.1 Å². The lowest BCUT2D eigenvalue weighted by Crippen LogP contribution is -2.16. The summed E-state index contributed by atoms with van der Waals surface area (Å²) < 4.78 is 39.1. The number of hydrogen-bond donors (Lipinski definition) is 1. The van der Waals surface area contributed by atoms with Crippen molar-refractivity contribution in [2.45, 2.75) is 13.2 Å². The fourth-order valence-corrected chi connectivity index (χ4v) is 2.15. The van der Waals surface area contributed by atoms with Gasteiger partial charge in [-0.15, -0.1) is 13.2 Å². The van der Waals surface area contributed by atoms with Gasteiger partial charge < -0.3 is 5.32 Å². The Kier molecular flexibility index (Phi) is 3.59. The number of aryl methyl sites for hydroxylation is 1. The normalized spacial score (nSPS) is 11.7. The Bertz CT molecular complexity index is 940. The van der Waals surface area contributed by atoms with Crippen molar-refractivity contribution in [3.63, 3.8) is 0 Å². The van der Waals surface area contributed by atoms with Crippen LogP contribution in [0.5, 0.6) is 0 Å². The SMILES string of the molecule is C=CC(=O)Nc1cnc2c(c1)c(C)nn2-c1cnn(C(F)(F)F)c1. The van der Waals surface area contributed by atoms with Crippen LogP contribution in [-0.2, 0) is 11.1 Å². The van der Waals surface area contributed by atoms with Crippen LogP contribution in [0.4, 0.5) is 18.9 Å². The van der Waals surface area contributed by atoms with Gasteiger partial charge >= 0.3 is 6.30 Å². The molecule has 3 aromatic heterocycles. The smallest absolute Gasteiger partial charge is 0.321 e. The average Bonchev–Trinajstić information content (AvgIpc) is 3.12. The first-order valence-electron chi connectivity index (χ1n) is 6.70. The van der Waals surface area contributed by atoms with Crippen LogP contribution >= 0.6 is 0 Å². The molecule has 0 spiro atoms. The van der Waals surface area contributed by atoms with E-state index < -0.39 is 12.2 Å². The molecule has 24 heavy (non-hydrogen) atoms. The second-order valence-electron chi connectivity index (χ2n) is 4.90. The molecule has 0 saturated carbocycles. The highest BCUT2D eigenvalue weighted by Gasteiger charge is 2.32. The third kappa shape index (κ3) is 2.73. The van der Waals surface area contributed by atoms with E-state index in [9.17, 15) is 18.0 Å². The lowest BCUT2D eigenvalue weighted by atomic mass is 10.2. The summed E-state index contributed by atoms with van der Waals surface area (Å²) in [5, 5.41) is 10.6. The average molecular weight is 336 g/mol. The highest BCUT2D eigenvalue weighted by Crippen LogP contribution is 2.25. The van der Waals surface area contributed by atoms with Gasteiger partial charge in [0.15, 0.2) is 5.65 Å². The molecule has 3 aromatic rings. The van der Waals surface area contributed by atoms with E-state index >= 15 is 0 Å². The predicted octanol–water partition coefficient (Wildman–Crippen LogP) is 2.53. The Hall–Kier alpha value is -3.17. The molecule has 0 aliphatic rings. The summed E-state index contributed by atoms with van der Waals surface area (Å²) in [5.74, 6) is -0.396. The molecule has 0 aliphatic carbocycles. The van der Waals surface area contributed by atoms with E-state index in [4.69, 9.17) is 0 Å². The minimum atomic E-state index is -4.61. The summed E-state index contributed by atoms with van der Waals surface area (Å²) in [6, 6.07) is 1.64. The van der Waals surface area contributed by atoms with Crippen LogP contribution in [0.2, 0.25) is 0 Å². The number of nitrogens with zero attached hydrogens (tertiary/aromatic N) is 5. The number of rotatable bonds is 3. The van der Waals surface area contributed by atoms with Gasteiger partial charge in [0.2, 0.25) is 5.91 Å². The molecular formula is C14H11F3N6O. The van der Waals surface area contributed by atoms with Crippen LogP contribution in [-0.4, -0.2) is 30.5 Å². The summed E-state index contributed by atoms with van der Waals surface area (Å²) in [7, 11) is 0. The van der Waals surface area contributed by atoms with E-state index in [0.717, 1.165) is 18.5 Å². The first kappa shape index (κ1) is 15.7. The lowest BCUT2D eigenvalue weighted by molar-refractivity contribution is -0.212. The molecule has 0 bridgehead atoms. The topological polar surface area (TPSA) is 77.6 Å². The Morgan fingerprint density at radius 2 is 2.12 bits per heavy atom. The lowest BCUT2D eigenvalue weighted by Gasteiger charge is -2.04. The van der Waals surface area contributed by atoms with Gasteiger partial charge in [-0.1, -0.05) is 6.58 Å². The molecular weight excluding hydrogens is 325 g/mol. The second-order valence-corrected chi connectivity index (χ2v) is 4.90. The number of alkyl halides is 3. The largest absolute Gasteiger partial charge is 0.504 e. The Morgan fingerprint density at radius 3 is 2.75 bits per heavy atom. The zero-order chi connectivity index (χ0) is 17.5. The van der Waals surface area contributed by atoms with E-state index in [-0.39, 0.29) is 10.4 Å². The zero-order valence-corrected chi connectivity index (χ0v) is 12.4. The molecule has 124 valence electrons. The van der Waals surface area contributed by atoms with Gasteiger partial charge in [0, 0.05) is 5.39 Å². The number of nitrogens with one attached hydrogen (secondary N) is 1. The molecule has 0 unspecified atom stereocenters. The summed E-state index contributed by atoms with van der Waals surface area (Å²) in [6.07, 6.45) is -0.233. The van der Waals surface area contributed by atoms with Crippen molar-refractivity contribution in [1.29, 1.82) is 0 Å². The van der Waals surface area contributed by atoms with Crippen molar-refractivity contribution >= 4 is 22.6 Å². The van der Waals surface area contributed by atoms with Gasteiger partial charge in [0.25, 0.3) is 0 Å². The van der Waals surface area contributed by atoms with Crippen LogP contribution in [0.15, 0.2) is 37.3 Å². The van der Waals surface area contributed by atoms with E-state index in [0.29, 0.717) is 22.4 Å². The molecule has 1 amide bonds. The number of fused-ring (bicyclic) bond motifs is 1. The number of amides is 1. The number of aromatic nitrogens is 5. The number of hydrogen-bond acceptors (Lipinski definition) is 4. The number of carbonyl (C=O) groups is 1. The molecule has 7 nitrogen and oxygen atoms in total. The van der Waals surface area contributed by atoms with Gasteiger partial charge in [0.1, 0.15) is 5.69 Å². The van der Waals surface area contributed by atoms with Crippen LogP contribution in [0.25, 0.3) is 16.7 Å². The molecule has 0 aromatic carbocycles. The molecule has 0 fully saturated rings. The maximum Gasteiger partial charge on any atom is 0.504 e. The van der Waals surface area contributed by atoms with Crippen LogP contribution in [0.1, 0.15) is 5.69 Å². The van der Waals surface area contributed by atoms with E-state index in [1.54, 1.807) is 13.0 Å². The Balaban J connectivity index is 2.05. The molecule has 0 atom stereocenters. The van der Waals surface area contributed by atoms with Crippen LogP contribution in [0.3, 0.4) is 0 Å².